The molecule has 88 valence electrons. The Balaban J connectivity index is 2.37. The lowest BCUT2D eigenvalue weighted by Gasteiger charge is -2.10. The average Bonchev–Trinajstić information content (AvgIpc) is 2.80. The molecule has 0 fully saturated rings. The lowest BCUT2D eigenvalue weighted by Crippen LogP contribution is -2.21. The predicted molar refractivity (Wildman–Crippen MR) is 76.2 cm³/mol. The molecule has 4 heteroatoms. The van der Waals surface area contributed by atoms with Gasteiger partial charge < -0.3 is 9.30 Å². The van der Waals surface area contributed by atoms with E-state index in [2.05, 4.69) is 22.6 Å². The molecule has 2 heterocycles. The highest BCUT2D eigenvalue weighted by atomic mass is 127. The third-order valence-electron chi connectivity index (χ3n) is 3.24. The van der Waals surface area contributed by atoms with Crippen LogP contribution in [0.5, 0.6) is 5.75 Å². The number of hydrogen-bond donors (Lipinski definition) is 0. The molecule has 0 saturated carbocycles. The highest BCUT2D eigenvalue weighted by Gasteiger charge is 2.27. The average molecular weight is 341 g/mol. The summed E-state index contributed by atoms with van der Waals surface area (Å²) >= 11 is 2.30. The lowest BCUT2D eigenvalue weighted by molar-refractivity contribution is 0.265. The molecular weight excluding hydrogens is 329 g/mol. The van der Waals surface area contributed by atoms with E-state index < -0.39 is 0 Å². The normalized spacial score (nSPS) is 18.1. The molecule has 3 rings (SSSR count). The highest BCUT2D eigenvalue weighted by Crippen LogP contribution is 2.34. The number of halogens is 1. The number of alkyl halides is 1. The van der Waals surface area contributed by atoms with Crippen LogP contribution in [0, 0.1) is 0 Å². The number of para-hydroxylation sites is 1. The lowest BCUT2D eigenvalue weighted by atomic mass is 10.1. The van der Waals surface area contributed by atoms with Crippen LogP contribution in [0.15, 0.2) is 29.1 Å². The van der Waals surface area contributed by atoms with E-state index in [-0.39, 0.29) is 11.7 Å². The molecule has 1 aromatic carbocycles. The fourth-order valence-electron chi connectivity index (χ4n) is 2.37. The smallest absolute Gasteiger partial charge is 0.257 e. The van der Waals surface area contributed by atoms with Gasteiger partial charge in [-0.1, -0.05) is 34.7 Å². The van der Waals surface area contributed by atoms with Crippen LogP contribution in [0.25, 0.3) is 10.9 Å². The summed E-state index contributed by atoms with van der Waals surface area (Å²) in [5, 5.41) is 1.04. The van der Waals surface area contributed by atoms with E-state index in [0.717, 1.165) is 33.1 Å². The molecule has 1 aromatic heterocycles. The van der Waals surface area contributed by atoms with Gasteiger partial charge in [-0.05, 0) is 12.1 Å². The Kier molecular flexibility index (Phi) is 2.61. The fourth-order valence-corrected chi connectivity index (χ4v) is 2.86. The van der Waals surface area contributed by atoms with E-state index in [1.807, 2.05) is 31.3 Å². The molecule has 17 heavy (non-hydrogen) atoms. The van der Waals surface area contributed by atoms with Crippen LogP contribution >= 0.6 is 22.6 Å². The monoisotopic (exact) mass is 341 g/mol. The van der Waals surface area contributed by atoms with Crippen LogP contribution in [-0.2, 0) is 13.5 Å². The molecule has 1 aliphatic heterocycles. The molecule has 0 N–H and O–H groups in total. The Morgan fingerprint density at radius 3 is 3.00 bits per heavy atom. The van der Waals surface area contributed by atoms with Crippen LogP contribution in [0.1, 0.15) is 5.56 Å². The van der Waals surface area contributed by atoms with Gasteiger partial charge in [0, 0.05) is 23.3 Å². The van der Waals surface area contributed by atoms with Crippen LogP contribution in [0.3, 0.4) is 0 Å². The topological polar surface area (TPSA) is 31.2 Å². The Hall–Kier alpha value is -1.04. The zero-order chi connectivity index (χ0) is 12.0. The van der Waals surface area contributed by atoms with Gasteiger partial charge >= 0.3 is 0 Å². The second-order valence-electron chi connectivity index (χ2n) is 4.29. The summed E-state index contributed by atoms with van der Waals surface area (Å²) in [5.41, 5.74) is 1.84. The first-order valence-corrected chi connectivity index (χ1v) is 7.08. The minimum Gasteiger partial charge on any atom is -0.488 e. The number of hydrogen-bond acceptors (Lipinski definition) is 2. The van der Waals surface area contributed by atoms with E-state index in [9.17, 15) is 4.79 Å². The summed E-state index contributed by atoms with van der Waals surface area (Å²) in [4.78, 5) is 12.2. The van der Waals surface area contributed by atoms with Gasteiger partial charge in [0.15, 0.2) is 0 Å². The summed E-state index contributed by atoms with van der Waals surface area (Å²) in [7, 11) is 1.82. The standard InChI is InChI=1S/C13H12INO2/c1-15-11-5-3-2-4-9(11)12-10(13(15)16)6-8(7-14)17-12/h2-5,8H,6-7H2,1H3. The van der Waals surface area contributed by atoms with Crippen molar-refractivity contribution >= 4 is 33.5 Å². The molecule has 0 aliphatic carbocycles. The van der Waals surface area contributed by atoms with Crippen LogP contribution in [0.4, 0.5) is 0 Å². The first-order chi connectivity index (χ1) is 8.22. The second-order valence-corrected chi connectivity index (χ2v) is 5.17. The van der Waals surface area contributed by atoms with Gasteiger partial charge in [0.05, 0.1) is 11.1 Å². The largest absolute Gasteiger partial charge is 0.488 e. The number of benzene rings is 1. The second kappa shape index (κ2) is 4.01. The van der Waals surface area contributed by atoms with Crippen molar-refractivity contribution in [3.05, 3.63) is 40.2 Å². The maximum absolute atomic E-state index is 12.2. The number of fused-ring (bicyclic) bond motifs is 3. The SMILES string of the molecule is Cn1c(=O)c2c(c3ccccc31)OC(CI)C2. The molecule has 2 aromatic rings. The van der Waals surface area contributed by atoms with E-state index >= 15 is 0 Å². The van der Waals surface area contributed by atoms with Crippen molar-refractivity contribution in [1.82, 2.24) is 4.57 Å². The highest BCUT2D eigenvalue weighted by molar-refractivity contribution is 14.1. The molecule has 0 amide bonds. The van der Waals surface area contributed by atoms with Crippen molar-refractivity contribution in [3.63, 3.8) is 0 Å². The summed E-state index contributed by atoms with van der Waals surface area (Å²) in [6.45, 7) is 0. The Morgan fingerprint density at radius 1 is 1.47 bits per heavy atom. The zero-order valence-electron chi connectivity index (χ0n) is 9.44. The third kappa shape index (κ3) is 1.57. The van der Waals surface area contributed by atoms with Crippen LogP contribution < -0.4 is 10.3 Å². The summed E-state index contributed by atoms with van der Waals surface area (Å²) in [6, 6.07) is 7.90. The number of rotatable bonds is 1. The minimum absolute atomic E-state index is 0.0750. The van der Waals surface area contributed by atoms with Gasteiger partial charge in [0.25, 0.3) is 5.56 Å². The molecule has 0 saturated heterocycles. The van der Waals surface area contributed by atoms with Crippen LogP contribution in [-0.4, -0.2) is 15.1 Å². The molecule has 1 aliphatic rings. The molecule has 0 radical (unpaired) electrons. The van der Waals surface area contributed by atoms with Gasteiger partial charge in [-0.3, -0.25) is 4.79 Å². The first kappa shape index (κ1) is 11.1. The number of ether oxygens (including phenoxy) is 1. The van der Waals surface area contributed by atoms with Gasteiger partial charge in [-0.15, -0.1) is 0 Å². The van der Waals surface area contributed by atoms with Gasteiger partial charge in [0.2, 0.25) is 0 Å². The molecule has 3 nitrogen and oxygen atoms in total. The van der Waals surface area contributed by atoms with Crippen molar-refractivity contribution < 1.29 is 4.74 Å². The minimum atomic E-state index is 0.0750. The fraction of sp³-hybridized carbons (Fsp3) is 0.308. The number of nitrogens with zero attached hydrogens (tertiary/aromatic N) is 1. The summed E-state index contributed by atoms with van der Waals surface area (Å²) < 4.78 is 8.51. The van der Waals surface area contributed by atoms with Crippen molar-refractivity contribution in [2.45, 2.75) is 12.5 Å². The Bertz CT molecular complexity index is 648. The Morgan fingerprint density at radius 2 is 2.24 bits per heavy atom. The van der Waals surface area contributed by atoms with E-state index in [0.29, 0.717) is 0 Å². The van der Waals surface area contributed by atoms with E-state index in [1.54, 1.807) is 4.57 Å². The Labute approximate surface area is 113 Å². The van der Waals surface area contributed by atoms with Crippen molar-refractivity contribution in [2.24, 2.45) is 7.05 Å². The van der Waals surface area contributed by atoms with Gasteiger partial charge in [0.1, 0.15) is 11.9 Å². The van der Waals surface area contributed by atoms with Gasteiger partial charge in [-0.2, -0.15) is 0 Å². The molecule has 0 spiro atoms. The predicted octanol–water partition coefficient (Wildman–Crippen LogP) is 2.28. The third-order valence-corrected chi connectivity index (χ3v) is 4.22. The molecule has 1 unspecified atom stereocenters. The summed E-state index contributed by atoms with van der Waals surface area (Å²) in [6.07, 6.45) is 0.875. The maximum Gasteiger partial charge on any atom is 0.257 e. The van der Waals surface area contributed by atoms with Crippen LogP contribution in [0.2, 0.25) is 0 Å². The molecule has 0 bridgehead atoms. The first-order valence-electron chi connectivity index (χ1n) is 5.55. The molecule has 1 atom stereocenters. The maximum atomic E-state index is 12.2. The number of aromatic nitrogens is 1. The quantitative estimate of drug-likeness (QED) is 0.589. The van der Waals surface area contributed by atoms with Crippen molar-refractivity contribution in [3.8, 4) is 5.75 Å². The van der Waals surface area contributed by atoms with Crippen molar-refractivity contribution in [2.75, 3.05) is 4.43 Å². The van der Waals surface area contributed by atoms with Gasteiger partial charge in [-0.25, -0.2) is 0 Å². The number of aryl methyl sites for hydroxylation is 1. The van der Waals surface area contributed by atoms with E-state index in [1.165, 1.54) is 0 Å². The molecular formula is C13H12INO2. The number of pyridine rings is 1. The zero-order valence-corrected chi connectivity index (χ0v) is 11.6. The summed E-state index contributed by atoms with van der Waals surface area (Å²) in [5.74, 6) is 0.797. The van der Waals surface area contributed by atoms with E-state index in [4.69, 9.17) is 4.74 Å². The van der Waals surface area contributed by atoms with Crippen molar-refractivity contribution in [1.29, 1.82) is 0 Å².